The van der Waals surface area contributed by atoms with Gasteiger partial charge in [0.15, 0.2) is 5.82 Å². The van der Waals surface area contributed by atoms with Crippen molar-refractivity contribution in [1.82, 2.24) is 19.6 Å². The number of rotatable bonds is 4. The largest absolute Gasteiger partial charge is 0.460 e. The van der Waals surface area contributed by atoms with Gasteiger partial charge in [0.1, 0.15) is 18.6 Å². The summed E-state index contributed by atoms with van der Waals surface area (Å²) in [6.07, 6.45) is 3.03. The van der Waals surface area contributed by atoms with Crippen molar-refractivity contribution in [1.29, 1.82) is 0 Å². The number of carbonyl (C=O) groups is 1. The van der Waals surface area contributed by atoms with Crippen LogP contribution >= 0.6 is 0 Å². The molecular weight excluding hydrogens is 384 g/mol. The lowest BCUT2D eigenvalue weighted by atomic mass is 10.0. The van der Waals surface area contributed by atoms with E-state index in [0.29, 0.717) is 22.7 Å². The average Bonchev–Trinajstić information content (AvgIpc) is 3.30. The van der Waals surface area contributed by atoms with Gasteiger partial charge in [-0.05, 0) is 62.4 Å². The lowest BCUT2D eigenvalue weighted by Crippen LogP contribution is -2.11. The molecule has 1 aromatic carbocycles. The Bertz CT molecular complexity index is 1370. The summed E-state index contributed by atoms with van der Waals surface area (Å²) < 4.78 is 12.4. The Morgan fingerprint density at radius 1 is 1.13 bits per heavy atom. The molecule has 0 unspecified atom stereocenters. The Hall–Kier alpha value is -3.55. The molecule has 0 amide bonds. The molecule has 4 aromatic rings. The lowest BCUT2D eigenvalue weighted by molar-refractivity contribution is -0.144. The fourth-order valence-electron chi connectivity index (χ4n) is 4.04. The van der Waals surface area contributed by atoms with Gasteiger partial charge in [-0.15, -0.1) is 5.10 Å². The maximum absolute atomic E-state index is 12.4. The summed E-state index contributed by atoms with van der Waals surface area (Å²) in [5.41, 5.74) is 4.93. The van der Waals surface area contributed by atoms with Gasteiger partial charge in [-0.3, -0.25) is 4.79 Å². The normalized spacial score (nSPS) is 13.1. The van der Waals surface area contributed by atoms with Crippen molar-refractivity contribution in [2.45, 2.75) is 46.1 Å². The molecule has 0 atom stereocenters. The Balaban J connectivity index is 1.36. The zero-order valence-corrected chi connectivity index (χ0v) is 16.8. The molecule has 0 aliphatic heterocycles. The number of fused-ring (bicyclic) bond motifs is 3. The smallest absolute Gasteiger partial charge is 0.336 e. The summed E-state index contributed by atoms with van der Waals surface area (Å²) in [5, 5.41) is 5.14. The van der Waals surface area contributed by atoms with E-state index in [2.05, 4.69) is 15.1 Å². The molecule has 0 saturated heterocycles. The Kier molecular flexibility index (Phi) is 4.34. The van der Waals surface area contributed by atoms with Crippen molar-refractivity contribution >= 4 is 22.7 Å². The number of hydrogen-bond acceptors (Lipinski definition) is 7. The van der Waals surface area contributed by atoms with E-state index in [0.717, 1.165) is 36.0 Å². The van der Waals surface area contributed by atoms with E-state index in [1.165, 1.54) is 17.2 Å². The third-order valence-electron chi connectivity index (χ3n) is 5.40. The molecule has 8 heteroatoms. The number of aromatic nitrogens is 4. The Labute approximate surface area is 171 Å². The maximum atomic E-state index is 12.4. The summed E-state index contributed by atoms with van der Waals surface area (Å²) in [6.45, 7) is 3.77. The summed E-state index contributed by atoms with van der Waals surface area (Å²) in [5.74, 6) is 0.329. The van der Waals surface area contributed by atoms with Gasteiger partial charge >= 0.3 is 11.6 Å². The monoisotopic (exact) mass is 404 g/mol. The van der Waals surface area contributed by atoms with Gasteiger partial charge in [-0.25, -0.2) is 14.3 Å². The second-order valence-electron chi connectivity index (χ2n) is 7.68. The highest BCUT2D eigenvalue weighted by Crippen LogP contribution is 2.28. The SMILES string of the molecule is Cc1cc(C)n2nc(CC(=O)OCc3cc(=O)oc4cc5c(cc34)CCC5)nc2n1. The third kappa shape index (κ3) is 3.34. The molecule has 3 aromatic heterocycles. The average molecular weight is 404 g/mol. The van der Waals surface area contributed by atoms with Crippen LogP contribution in [-0.2, 0) is 35.4 Å². The molecule has 152 valence electrons. The third-order valence-corrected chi connectivity index (χ3v) is 5.40. The van der Waals surface area contributed by atoms with Gasteiger partial charge in [0, 0.05) is 28.4 Å². The standard InChI is InChI=1S/C22H20N4O4/c1-12-6-13(2)26-22(23-12)24-19(25-26)10-20(27)29-11-16-9-21(28)30-18-8-15-5-3-4-14(15)7-17(16)18/h6-9H,3-5,10-11H2,1-2H3. The topological polar surface area (TPSA) is 99.6 Å². The number of hydrogen-bond donors (Lipinski definition) is 0. The van der Waals surface area contributed by atoms with E-state index >= 15 is 0 Å². The van der Waals surface area contributed by atoms with Crippen LogP contribution in [-0.4, -0.2) is 25.6 Å². The molecule has 5 rings (SSSR count). The van der Waals surface area contributed by atoms with E-state index in [1.807, 2.05) is 32.0 Å². The molecule has 1 aliphatic carbocycles. The van der Waals surface area contributed by atoms with Crippen LogP contribution in [0.2, 0.25) is 0 Å². The summed E-state index contributed by atoms with van der Waals surface area (Å²) >= 11 is 0. The Morgan fingerprint density at radius 3 is 2.77 bits per heavy atom. The first-order valence-electron chi connectivity index (χ1n) is 9.90. The molecule has 1 aliphatic rings. The van der Waals surface area contributed by atoms with Crippen molar-refractivity contribution in [2.24, 2.45) is 0 Å². The van der Waals surface area contributed by atoms with Crippen LogP contribution in [0.4, 0.5) is 0 Å². The van der Waals surface area contributed by atoms with Gasteiger partial charge in [0.05, 0.1) is 0 Å². The molecule has 0 spiro atoms. The quantitative estimate of drug-likeness (QED) is 0.381. The summed E-state index contributed by atoms with van der Waals surface area (Å²) in [7, 11) is 0. The molecule has 8 nitrogen and oxygen atoms in total. The highest BCUT2D eigenvalue weighted by Gasteiger charge is 2.17. The number of ether oxygens (including phenoxy) is 1. The molecule has 0 fully saturated rings. The van der Waals surface area contributed by atoms with Crippen molar-refractivity contribution in [2.75, 3.05) is 0 Å². The van der Waals surface area contributed by atoms with Crippen LogP contribution in [0.15, 0.2) is 33.5 Å². The first-order valence-corrected chi connectivity index (χ1v) is 9.90. The van der Waals surface area contributed by atoms with Crippen molar-refractivity contribution in [3.8, 4) is 0 Å². The van der Waals surface area contributed by atoms with Crippen LogP contribution in [0.5, 0.6) is 0 Å². The van der Waals surface area contributed by atoms with Gasteiger partial charge in [0.2, 0.25) is 0 Å². The minimum Gasteiger partial charge on any atom is -0.460 e. The number of nitrogens with zero attached hydrogens (tertiary/aromatic N) is 4. The molecule has 0 radical (unpaired) electrons. The highest BCUT2D eigenvalue weighted by molar-refractivity contribution is 5.82. The zero-order valence-electron chi connectivity index (χ0n) is 16.8. The number of benzene rings is 1. The summed E-state index contributed by atoms with van der Waals surface area (Å²) in [4.78, 5) is 33.0. The predicted octanol–water partition coefficient (Wildman–Crippen LogP) is 2.62. The van der Waals surface area contributed by atoms with Crippen molar-refractivity contribution in [3.05, 3.63) is 68.6 Å². The van der Waals surface area contributed by atoms with Crippen LogP contribution in [0.1, 0.15) is 40.3 Å². The maximum Gasteiger partial charge on any atom is 0.336 e. The van der Waals surface area contributed by atoms with Gasteiger partial charge in [0.25, 0.3) is 5.78 Å². The fourth-order valence-corrected chi connectivity index (χ4v) is 4.04. The van der Waals surface area contributed by atoms with Crippen LogP contribution in [0.25, 0.3) is 16.7 Å². The van der Waals surface area contributed by atoms with Crippen LogP contribution in [0, 0.1) is 13.8 Å². The molecular formula is C22H20N4O4. The minimum atomic E-state index is -0.470. The van der Waals surface area contributed by atoms with Crippen LogP contribution < -0.4 is 5.63 Å². The summed E-state index contributed by atoms with van der Waals surface area (Å²) in [6, 6.07) is 7.26. The van der Waals surface area contributed by atoms with E-state index in [-0.39, 0.29) is 13.0 Å². The number of carbonyl (C=O) groups excluding carboxylic acids is 1. The van der Waals surface area contributed by atoms with E-state index in [4.69, 9.17) is 9.15 Å². The van der Waals surface area contributed by atoms with Gasteiger partial charge in [-0.1, -0.05) is 0 Å². The molecule has 0 N–H and O–H groups in total. The minimum absolute atomic E-state index is 0.0104. The zero-order chi connectivity index (χ0) is 20.8. The second kappa shape index (κ2) is 7.05. The lowest BCUT2D eigenvalue weighted by Gasteiger charge is -2.08. The van der Waals surface area contributed by atoms with E-state index in [1.54, 1.807) is 4.52 Å². The predicted molar refractivity (Wildman–Crippen MR) is 108 cm³/mol. The number of aryl methyl sites for hydroxylation is 4. The van der Waals surface area contributed by atoms with Crippen LogP contribution in [0.3, 0.4) is 0 Å². The molecule has 0 bridgehead atoms. The Morgan fingerprint density at radius 2 is 1.93 bits per heavy atom. The highest BCUT2D eigenvalue weighted by atomic mass is 16.5. The van der Waals surface area contributed by atoms with E-state index < -0.39 is 11.6 Å². The molecule has 3 heterocycles. The van der Waals surface area contributed by atoms with Gasteiger partial charge < -0.3 is 9.15 Å². The van der Waals surface area contributed by atoms with E-state index in [9.17, 15) is 9.59 Å². The molecule has 0 saturated carbocycles. The van der Waals surface area contributed by atoms with Crippen molar-refractivity contribution < 1.29 is 13.9 Å². The first-order chi connectivity index (χ1) is 14.5. The van der Waals surface area contributed by atoms with Gasteiger partial charge in [-0.2, -0.15) is 4.98 Å². The first kappa shape index (κ1) is 18.5. The fraction of sp³-hybridized carbons (Fsp3) is 0.318. The number of esters is 1. The molecule has 30 heavy (non-hydrogen) atoms. The van der Waals surface area contributed by atoms with Crippen molar-refractivity contribution in [3.63, 3.8) is 0 Å². The second-order valence-corrected chi connectivity index (χ2v) is 7.68.